The normalized spacial score (nSPS) is 11.2. The predicted octanol–water partition coefficient (Wildman–Crippen LogP) is 1.64. The Bertz CT molecular complexity index is 1220. The van der Waals surface area contributed by atoms with Crippen molar-refractivity contribution in [3.63, 3.8) is 0 Å². The summed E-state index contributed by atoms with van der Waals surface area (Å²) in [6, 6.07) is 7.18. The molecule has 0 saturated carbocycles. The van der Waals surface area contributed by atoms with Crippen molar-refractivity contribution in [3.05, 3.63) is 40.2 Å². The average molecular weight is 698 g/mol. The molecule has 0 spiro atoms. The number of amides is 2. The second-order valence-corrected chi connectivity index (χ2v) is 10.4. The molecule has 15 nitrogen and oxygen atoms in total. The van der Waals surface area contributed by atoms with Crippen LogP contribution in [0.1, 0.15) is 30.6 Å². The Labute approximate surface area is 288 Å². The third kappa shape index (κ3) is 19.0. The lowest BCUT2D eigenvalue weighted by Crippen LogP contribution is -2.31. The molecular weight excluding hydrogens is 642 g/mol. The SMILES string of the molecule is CCN(CC)c1ccc2cc(C(=O)NCCOCCOCCOCCOCCOCCOCCOCCOCCC(=O)NC)c(=O)oc2c1. The number of hydrogen-bond donors (Lipinski definition) is 2. The Morgan fingerprint density at radius 1 is 0.653 bits per heavy atom. The van der Waals surface area contributed by atoms with E-state index in [2.05, 4.69) is 29.4 Å². The van der Waals surface area contributed by atoms with Gasteiger partial charge in [-0.15, -0.1) is 0 Å². The molecule has 2 aromatic rings. The second kappa shape index (κ2) is 27.6. The van der Waals surface area contributed by atoms with Crippen LogP contribution in [0.25, 0.3) is 11.0 Å². The van der Waals surface area contributed by atoms with E-state index in [9.17, 15) is 14.4 Å². The van der Waals surface area contributed by atoms with Crippen LogP contribution in [0, 0.1) is 0 Å². The summed E-state index contributed by atoms with van der Waals surface area (Å²) in [6.45, 7) is 13.0. The largest absolute Gasteiger partial charge is 0.422 e. The van der Waals surface area contributed by atoms with Gasteiger partial charge in [-0.3, -0.25) is 9.59 Å². The molecule has 0 aliphatic rings. The molecule has 1 aromatic carbocycles. The van der Waals surface area contributed by atoms with Crippen LogP contribution in [0.3, 0.4) is 0 Å². The quantitative estimate of drug-likeness (QED) is 0.0864. The van der Waals surface area contributed by atoms with Crippen molar-refractivity contribution in [1.82, 2.24) is 10.6 Å². The van der Waals surface area contributed by atoms with Gasteiger partial charge in [0.15, 0.2) is 0 Å². The minimum atomic E-state index is -0.675. The topological polar surface area (TPSA) is 165 Å². The third-order valence-electron chi connectivity index (χ3n) is 6.98. The summed E-state index contributed by atoms with van der Waals surface area (Å²) in [5.74, 6) is -0.548. The molecule has 0 aliphatic heterocycles. The highest BCUT2D eigenvalue weighted by Gasteiger charge is 2.14. The maximum Gasteiger partial charge on any atom is 0.349 e. The average Bonchev–Trinajstić information content (AvgIpc) is 3.11. The van der Waals surface area contributed by atoms with Gasteiger partial charge in [-0.2, -0.15) is 0 Å². The van der Waals surface area contributed by atoms with Crippen molar-refractivity contribution in [3.8, 4) is 0 Å². The fraction of sp³-hybridized carbons (Fsp3) is 0.676. The highest BCUT2D eigenvalue weighted by molar-refractivity contribution is 5.97. The molecule has 2 amide bonds. The molecule has 278 valence electrons. The minimum Gasteiger partial charge on any atom is -0.422 e. The molecule has 49 heavy (non-hydrogen) atoms. The van der Waals surface area contributed by atoms with Crippen molar-refractivity contribution < 1.29 is 51.9 Å². The number of benzene rings is 1. The smallest absolute Gasteiger partial charge is 0.349 e. The number of hydrogen-bond acceptors (Lipinski definition) is 13. The molecule has 0 bridgehead atoms. The molecule has 0 unspecified atom stereocenters. The number of carbonyl (C=O) groups excluding carboxylic acids is 2. The number of nitrogens with one attached hydrogen (secondary N) is 2. The van der Waals surface area contributed by atoms with Crippen LogP contribution in [0.2, 0.25) is 0 Å². The van der Waals surface area contributed by atoms with E-state index in [1.807, 2.05) is 18.2 Å². The van der Waals surface area contributed by atoms with E-state index < -0.39 is 11.5 Å². The van der Waals surface area contributed by atoms with Crippen LogP contribution < -0.4 is 21.2 Å². The molecule has 0 radical (unpaired) electrons. The van der Waals surface area contributed by atoms with Crippen molar-refractivity contribution in [2.45, 2.75) is 20.3 Å². The maximum absolute atomic E-state index is 12.5. The van der Waals surface area contributed by atoms with Gasteiger partial charge >= 0.3 is 5.63 Å². The Morgan fingerprint density at radius 3 is 1.55 bits per heavy atom. The molecule has 1 aromatic heterocycles. The van der Waals surface area contributed by atoms with Crippen LogP contribution in [0.15, 0.2) is 33.5 Å². The zero-order valence-corrected chi connectivity index (χ0v) is 29.3. The van der Waals surface area contributed by atoms with E-state index in [0.717, 1.165) is 18.8 Å². The minimum absolute atomic E-state index is 0.0405. The van der Waals surface area contributed by atoms with E-state index in [4.69, 9.17) is 42.3 Å². The first-order chi connectivity index (χ1) is 24.0. The summed E-state index contributed by atoms with van der Waals surface area (Å²) in [5, 5.41) is 5.91. The Balaban J connectivity index is 1.33. The number of carbonyl (C=O) groups is 2. The highest BCUT2D eigenvalue weighted by atomic mass is 16.6. The van der Waals surface area contributed by atoms with Gasteiger partial charge < -0.3 is 57.8 Å². The molecule has 2 N–H and O–H groups in total. The van der Waals surface area contributed by atoms with Crippen molar-refractivity contribution in [2.24, 2.45) is 0 Å². The van der Waals surface area contributed by atoms with Crippen LogP contribution in [-0.2, 0) is 42.7 Å². The monoisotopic (exact) mass is 697 g/mol. The van der Waals surface area contributed by atoms with Crippen molar-refractivity contribution >= 4 is 28.5 Å². The lowest BCUT2D eigenvalue weighted by molar-refractivity contribution is -0.121. The molecule has 0 atom stereocenters. The van der Waals surface area contributed by atoms with E-state index in [-0.39, 0.29) is 24.6 Å². The predicted molar refractivity (Wildman–Crippen MR) is 184 cm³/mol. The molecular formula is C34H55N3O12. The van der Waals surface area contributed by atoms with Crippen LogP contribution in [0.4, 0.5) is 5.69 Å². The summed E-state index contributed by atoms with van der Waals surface area (Å²) >= 11 is 0. The zero-order valence-electron chi connectivity index (χ0n) is 29.3. The Morgan fingerprint density at radius 2 is 1.10 bits per heavy atom. The fourth-order valence-electron chi connectivity index (χ4n) is 4.31. The Kier molecular flexibility index (Phi) is 23.7. The molecule has 0 aliphatic carbocycles. The summed E-state index contributed by atoms with van der Waals surface area (Å²) in [6.07, 6.45) is 0.346. The fourth-order valence-corrected chi connectivity index (χ4v) is 4.31. The molecule has 15 heteroatoms. The third-order valence-corrected chi connectivity index (χ3v) is 6.98. The lowest BCUT2D eigenvalue weighted by Gasteiger charge is -2.21. The molecule has 2 rings (SSSR count). The summed E-state index contributed by atoms with van der Waals surface area (Å²) in [4.78, 5) is 38.1. The Hall–Kier alpha value is -3.15. The second-order valence-electron chi connectivity index (χ2n) is 10.4. The first-order valence-electron chi connectivity index (χ1n) is 16.9. The van der Waals surface area contributed by atoms with Crippen LogP contribution in [0.5, 0.6) is 0 Å². The van der Waals surface area contributed by atoms with Gasteiger partial charge in [-0.25, -0.2) is 4.79 Å². The molecule has 0 saturated heterocycles. The van der Waals surface area contributed by atoms with Crippen molar-refractivity contribution in [1.29, 1.82) is 0 Å². The highest BCUT2D eigenvalue weighted by Crippen LogP contribution is 2.22. The number of anilines is 1. The van der Waals surface area contributed by atoms with Crippen LogP contribution in [-0.4, -0.2) is 144 Å². The maximum atomic E-state index is 12.5. The van der Waals surface area contributed by atoms with Gasteiger partial charge in [0.05, 0.1) is 106 Å². The van der Waals surface area contributed by atoms with E-state index in [0.29, 0.717) is 116 Å². The van der Waals surface area contributed by atoms with Gasteiger partial charge in [0.25, 0.3) is 5.91 Å². The van der Waals surface area contributed by atoms with E-state index in [1.54, 1.807) is 13.1 Å². The summed E-state index contributed by atoms with van der Waals surface area (Å²) in [7, 11) is 1.60. The lowest BCUT2D eigenvalue weighted by atomic mass is 10.1. The van der Waals surface area contributed by atoms with Gasteiger partial charge in [0.1, 0.15) is 11.1 Å². The van der Waals surface area contributed by atoms with Crippen molar-refractivity contribution in [2.75, 3.05) is 137 Å². The van der Waals surface area contributed by atoms with E-state index >= 15 is 0 Å². The van der Waals surface area contributed by atoms with Gasteiger partial charge in [-0.1, -0.05) is 0 Å². The summed E-state index contributed by atoms with van der Waals surface area (Å²) < 4.78 is 48.9. The number of rotatable bonds is 31. The number of nitrogens with zero attached hydrogens (tertiary/aromatic N) is 1. The summed E-state index contributed by atoms with van der Waals surface area (Å²) in [5.41, 5.74) is 0.695. The van der Waals surface area contributed by atoms with Gasteiger partial charge in [-0.05, 0) is 32.0 Å². The number of ether oxygens (including phenoxy) is 8. The van der Waals surface area contributed by atoms with Gasteiger partial charge in [0.2, 0.25) is 5.91 Å². The van der Waals surface area contributed by atoms with Gasteiger partial charge in [0, 0.05) is 50.2 Å². The molecule has 1 heterocycles. The standard InChI is InChI=1S/C34H55N3O12/c1-4-37(5-2)29-7-6-28-26-30(34(40)49-31(28)27-29)33(39)36-9-11-42-13-15-44-17-19-46-21-23-48-25-24-47-22-20-45-18-16-43-14-12-41-10-8-32(38)35-3/h6-7,26-27H,4-5,8-25H2,1-3H3,(H,35,38)(H,36,39). The zero-order chi connectivity index (χ0) is 35.4. The van der Waals surface area contributed by atoms with E-state index in [1.165, 1.54) is 0 Å². The first kappa shape index (κ1) is 42.0. The van der Waals surface area contributed by atoms with Crippen LogP contribution >= 0.6 is 0 Å². The first-order valence-corrected chi connectivity index (χ1v) is 16.9. The molecule has 0 fully saturated rings. The number of fused-ring (bicyclic) bond motifs is 1.